The van der Waals surface area contributed by atoms with Crippen LogP contribution in [-0.4, -0.2) is 39.1 Å². The van der Waals surface area contributed by atoms with Gasteiger partial charge in [0, 0.05) is 13.1 Å². The van der Waals surface area contributed by atoms with Crippen LogP contribution in [0.1, 0.15) is 32.3 Å². The van der Waals surface area contributed by atoms with Gasteiger partial charge in [0.05, 0.1) is 26.1 Å². The van der Waals surface area contributed by atoms with Crippen molar-refractivity contribution in [3.05, 3.63) is 23.8 Å². The normalized spacial score (nSPS) is 18.3. The minimum absolute atomic E-state index is 0.00527. The monoisotopic (exact) mass is 362 g/mol. The second-order valence-electron chi connectivity index (χ2n) is 7.15. The second-order valence-corrected chi connectivity index (χ2v) is 7.15. The van der Waals surface area contributed by atoms with Crippen molar-refractivity contribution >= 4 is 11.8 Å². The van der Waals surface area contributed by atoms with E-state index in [1.165, 1.54) is 0 Å². The number of hydrogen-bond acceptors (Lipinski definition) is 4. The van der Waals surface area contributed by atoms with Crippen LogP contribution in [0.5, 0.6) is 11.5 Å². The van der Waals surface area contributed by atoms with Gasteiger partial charge in [-0.3, -0.25) is 9.59 Å². The molecule has 0 spiro atoms. The summed E-state index contributed by atoms with van der Waals surface area (Å²) in [4.78, 5) is 24.2. The predicted molar refractivity (Wildman–Crippen MR) is 100 cm³/mol. The first-order valence-electron chi connectivity index (χ1n) is 9.22. The highest BCUT2D eigenvalue weighted by molar-refractivity contribution is 5.92. The zero-order valence-corrected chi connectivity index (χ0v) is 16.1. The molecule has 6 nitrogen and oxygen atoms in total. The fourth-order valence-corrected chi connectivity index (χ4v) is 2.89. The zero-order valence-electron chi connectivity index (χ0n) is 16.1. The lowest BCUT2D eigenvalue weighted by Crippen LogP contribution is -2.31. The molecule has 0 aromatic heterocycles. The van der Waals surface area contributed by atoms with Gasteiger partial charge in [-0.25, -0.2) is 0 Å². The van der Waals surface area contributed by atoms with Crippen LogP contribution in [0.3, 0.4) is 0 Å². The van der Waals surface area contributed by atoms with Crippen molar-refractivity contribution in [3.8, 4) is 11.5 Å². The maximum atomic E-state index is 12.2. The molecule has 2 rings (SSSR count). The van der Waals surface area contributed by atoms with Gasteiger partial charge < -0.3 is 20.1 Å². The maximum absolute atomic E-state index is 12.2. The molecule has 26 heavy (non-hydrogen) atoms. The van der Waals surface area contributed by atoms with E-state index in [0.29, 0.717) is 43.3 Å². The quantitative estimate of drug-likeness (QED) is 0.669. The second kappa shape index (κ2) is 9.46. The van der Waals surface area contributed by atoms with E-state index in [1.54, 1.807) is 14.2 Å². The van der Waals surface area contributed by atoms with Gasteiger partial charge in [-0.15, -0.1) is 0 Å². The van der Waals surface area contributed by atoms with E-state index in [2.05, 4.69) is 24.5 Å². The molecule has 1 aliphatic rings. The summed E-state index contributed by atoms with van der Waals surface area (Å²) in [7, 11) is 3.20. The minimum atomic E-state index is -0.181. The lowest BCUT2D eigenvalue weighted by Gasteiger charge is -2.10. The highest BCUT2D eigenvalue weighted by atomic mass is 16.5. The molecule has 2 atom stereocenters. The van der Waals surface area contributed by atoms with Crippen molar-refractivity contribution in [2.75, 3.05) is 27.3 Å². The standard InChI is InChI=1S/C20H30N2O4/c1-13(2)7-9-21-19(23)15-12-16(15)20(24)22-10-8-14-5-6-17(25-3)18(11-14)26-4/h5-6,11,13,15-16H,7-10,12H2,1-4H3,(H,21,23)(H,22,24). The number of rotatable bonds is 10. The Morgan fingerprint density at radius 3 is 2.23 bits per heavy atom. The molecule has 1 aliphatic carbocycles. The van der Waals surface area contributed by atoms with Crippen LogP contribution in [0.2, 0.25) is 0 Å². The number of methoxy groups -OCH3 is 2. The zero-order chi connectivity index (χ0) is 19.1. The SMILES string of the molecule is COc1ccc(CCNC(=O)C2CC2C(=O)NCCC(C)C)cc1OC. The van der Waals surface area contributed by atoms with Crippen LogP contribution < -0.4 is 20.1 Å². The van der Waals surface area contributed by atoms with Gasteiger partial charge in [0.2, 0.25) is 11.8 Å². The summed E-state index contributed by atoms with van der Waals surface area (Å²) in [5.74, 6) is 1.55. The largest absolute Gasteiger partial charge is 0.493 e. The smallest absolute Gasteiger partial charge is 0.223 e. The predicted octanol–water partition coefficient (Wildman–Crippen LogP) is 2.16. The number of carbonyl (C=O) groups excluding carboxylic acids is 2. The number of nitrogens with one attached hydrogen (secondary N) is 2. The highest BCUT2D eigenvalue weighted by Gasteiger charge is 2.47. The van der Waals surface area contributed by atoms with Gasteiger partial charge in [-0.1, -0.05) is 19.9 Å². The number of carbonyl (C=O) groups is 2. The Labute approximate surface area is 155 Å². The van der Waals surface area contributed by atoms with E-state index >= 15 is 0 Å². The average Bonchev–Trinajstić information content (AvgIpc) is 3.42. The summed E-state index contributed by atoms with van der Waals surface area (Å²) in [5.41, 5.74) is 1.06. The Hall–Kier alpha value is -2.24. The van der Waals surface area contributed by atoms with E-state index in [-0.39, 0.29) is 23.7 Å². The first-order valence-corrected chi connectivity index (χ1v) is 9.22. The molecule has 1 fully saturated rings. The van der Waals surface area contributed by atoms with Crippen molar-refractivity contribution in [3.63, 3.8) is 0 Å². The molecule has 0 bridgehead atoms. The van der Waals surface area contributed by atoms with Gasteiger partial charge in [0.25, 0.3) is 0 Å². The van der Waals surface area contributed by atoms with E-state index in [4.69, 9.17) is 9.47 Å². The number of amides is 2. The molecule has 0 radical (unpaired) electrons. The van der Waals surface area contributed by atoms with E-state index in [9.17, 15) is 9.59 Å². The van der Waals surface area contributed by atoms with Crippen LogP contribution in [0, 0.1) is 17.8 Å². The third-order valence-electron chi connectivity index (χ3n) is 4.65. The fourth-order valence-electron chi connectivity index (χ4n) is 2.89. The summed E-state index contributed by atoms with van der Waals surface area (Å²) in [6.07, 6.45) is 2.31. The number of benzene rings is 1. The Bertz CT molecular complexity index is 630. The molecular formula is C20H30N2O4. The Balaban J connectivity index is 1.71. The number of ether oxygens (including phenoxy) is 2. The average molecular weight is 362 g/mol. The van der Waals surface area contributed by atoms with Crippen LogP contribution in [0.4, 0.5) is 0 Å². The number of hydrogen-bond donors (Lipinski definition) is 2. The summed E-state index contributed by atoms with van der Waals surface area (Å²) in [6.45, 7) is 5.46. The molecule has 1 aromatic carbocycles. The van der Waals surface area contributed by atoms with E-state index in [0.717, 1.165) is 12.0 Å². The summed E-state index contributed by atoms with van der Waals surface area (Å²) < 4.78 is 10.5. The first kappa shape index (κ1) is 20.1. The Morgan fingerprint density at radius 1 is 1.04 bits per heavy atom. The topological polar surface area (TPSA) is 76.7 Å². The molecule has 6 heteroatoms. The summed E-state index contributed by atoms with van der Waals surface area (Å²) >= 11 is 0. The van der Waals surface area contributed by atoms with Crippen molar-refractivity contribution in [2.24, 2.45) is 17.8 Å². The first-order chi connectivity index (χ1) is 12.5. The third-order valence-corrected chi connectivity index (χ3v) is 4.65. The molecule has 2 unspecified atom stereocenters. The van der Waals surface area contributed by atoms with Crippen LogP contribution in [-0.2, 0) is 16.0 Å². The van der Waals surface area contributed by atoms with Crippen molar-refractivity contribution in [1.82, 2.24) is 10.6 Å². The van der Waals surface area contributed by atoms with Gasteiger partial charge in [-0.2, -0.15) is 0 Å². The molecule has 2 amide bonds. The molecular weight excluding hydrogens is 332 g/mol. The van der Waals surface area contributed by atoms with Crippen molar-refractivity contribution in [2.45, 2.75) is 33.1 Å². The molecule has 1 saturated carbocycles. The Morgan fingerprint density at radius 2 is 1.65 bits per heavy atom. The molecule has 0 aliphatic heterocycles. The van der Waals surface area contributed by atoms with Crippen molar-refractivity contribution in [1.29, 1.82) is 0 Å². The summed E-state index contributed by atoms with van der Waals surface area (Å²) in [5, 5.41) is 5.85. The van der Waals surface area contributed by atoms with Crippen LogP contribution in [0.25, 0.3) is 0 Å². The summed E-state index contributed by atoms with van der Waals surface area (Å²) in [6, 6.07) is 5.72. The van der Waals surface area contributed by atoms with Gasteiger partial charge >= 0.3 is 0 Å². The Kier molecular flexibility index (Phi) is 7.30. The molecule has 0 saturated heterocycles. The fraction of sp³-hybridized carbons (Fsp3) is 0.600. The van der Waals surface area contributed by atoms with Crippen LogP contribution >= 0.6 is 0 Å². The minimum Gasteiger partial charge on any atom is -0.493 e. The van der Waals surface area contributed by atoms with E-state index < -0.39 is 0 Å². The molecule has 0 heterocycles. The third kappa shape index (κ3) is 5.64. The molecule has 2 N–H and O–H groups in total. The van der Waals surface area contributed by atoms with Gasteiger partial charge in [0.1, 0.15) is 0 Å². The maximum Gasteiger partial charge on any atom is 0.223 e. The lowest BCUT2D eigenvalue weighted by atomic mass is 10.1. The highest BCUT2D eigenvalue weighted by Crippen LogP contribution is 2.38. The van der Waals surface area contributed by atoms with E-state index in [1.807, 2.05) is 18.2 Å². The van der Waals surface area contributed by atoms with Crippen LogP contribution in [0.15, 0.2) is 18.2 Å². The van der Waals surface area contributed by atoms with Gasteiger partial charge in [-0.05, 0) is 42.9 Å². The molecule has 144 valence electrons. The van der Waals surface area contributed by atoms with Gasteiger partial charge in [0.15, 0.2) is 11.5 Å². The van der Waals surface area contributed by atoms with Crippen molar-refractivity contribution < 1.29 is 19.1 Å². The lowest BCUT2D eigenvalue weighted by molar-refractivity contribution is -0.127. The molecule has 1 aromatic rings.